The van der Waals surface area contributed by atoms with Crippen LogP contribution in [-0.2, 0) is 11.2 Å². The van der Waals surface area contributed by atoms with E-state index >= 15 is 0 Å². The Balaban J connectivity index is 2.58. The highest BCUT2D eigenvalue weighted by Crippen LogP contribution is 2.21. The number of nitrogens with zero attached hydrogens (tertiary/aromatic N) is 2. The average molecular weight is 302 g/mol. The molecule has 1 aromatic rings. The van der Waals surface area contributed by atoms with Crippen LogP contribution in [-0.4, -0.2) is 42.7 Å². The molecule has 0 aliphatic rings. The predicted molar refractivity (Wildman–Crippen MR) is 80.1 cm³/mol. The number of hydrogen-bond donors (Lipinski definition) is 2. The van der Waals surface area contributed by atoms with Crippen molar-refractivity contribution in [1.82, 2.24) is 9.97 Å². The number of hydrogen-bond acceptors (Lipinski definition) is 5. The van der Waals surface area contributed by atoms with Crippen molar-refractivity contribution in [2.45, 2.75) is 39.5 Å². The number of ether oxygens (including phenoxy) is 1. The second-order valence-corrected chi connectivity index (χ2v) is 4.62. The SMILES string of the molecule is CCCNc1ncnc(NCCOCC(F)F)c1CCC. The maximum Gasteiger partial charge on any atom is 0.261 e. The van der Waals surface area contributed by atoms with Gasteiger partial charge in [-0.1, -0.05) is 20.3 Å². The van der Waals surface area contributed by atoms with Gasteiger partial charge in [0.2, 0.25) is 0 Å². The van der Waals surface area contributed by atoms with Gasteiger partial charge in [0.1, 0.15) is 24.6 Å². The van der Waals surface area contributed by atoms with E-state index in [0.29, 0.717) is 6.54 Å². The fourth-order valence-electron chi connectivity index (χ4n) is 1.86. The molecule has 0 spiro atoms. The van der Waals surface area contributed by atoms with Gasteiger partial charge in [-0.3, -0.25) is 0 Å². The summed E-state index contributed by atoms with van der Waals surface area (Å²) in [6.07, 6.45) is 1.92. The third-order valence-electron chi connectivity index (χ3n) is 2.77. The highest BCUT2D eigenvalue weighted by atomic mass is 19.3. The van der Waals surface area contributed by atoms with Gasteiger partial charge in [0.25, 0.3) is 6.43 Å². The van der Waals surface area contributed by atoms with Crippen LogP contribution in [0.1, 0.15) is 32.3 Å². The van der Waals surface area contributed by atoms with Crippen LogP contribution in [0, 0.1) is 0 Å². The van der Waals surface area contributed by atoms with Crippen LogP contribution in [0.5, 0.6) is 0 Å². The highest BCUT2D eigenvalue weighted by Gasteiger charge is 2.10. The van der Waals surface area contributed by atoms with Gasteiger partial charge in [0, 0.05) is 18.7 Å². The van der Waals surface area contributed by atoms with Crippen molar-refractivity contribution in [3.05, 3.63) is 11.9 Å². The van der Waals surface area contributed by atoms with Crippen LogP contribution >= 0.6 is 0 Å². The first-order chi connectivity index (χ1) is 10.2. The van der Waals surface area contributed by atoms with E-state index in [0.717, 1.165) is 43.0 Å². The second-order valence-electron chi connectivity index (χ2n) is 4.62. The lowest BCUT2D eigenvalue weighted by molar-refractivity contribution is 0.0214. The molecule has 0 atom stereocenters. The Hall–Kier alpha value is -1.50. The van der Waals surface area contributed by atoms with E-state index in [4.69, 9.17) is 4.74 Å². The van der Waals surface area contributed by atoms with Gasteiger partial charge in [-0.05, 0) is 12.8 Å². The summed E-state index contributed by atoms with van der Waals surface area (Å²) in [5.41, 5.74) is 1.03. The zero-order valence-electron chi connectivity index (χ0n) is 12.7. The zero-order valence-corrected chi connectivity index (χ0v) is 12.7. The molecule has 2 N–H and O–H groups in total. The van der Waals surface area contributed by atoms with Crippen molar-refractivity contribution >= 4 is 11.6 Å². The van der Waals surface area contributed by atoms with E-state index in [1.165, 1.54) is 6.33 Å². The normalized spacial score (nSPS) is 10.9. The molecule has 120 valence electrons. The smallest absolute Gasteiger partial charge is 0.261 e. The maximum absolute atomic E-state index is 11.9. The number of nitrogens with one attached hydrogen (secondary N) is 2. The Kier molecular flexibility index (Phi) is 8.57. The summed E-state index contributed by atoms with van der Waals surface area (Å²) in [5, 5.41) is 6.41. The molecule has 0 unspecified atom stereocenters. The lowest BCUT2D eigenvalue weighted by atomic mass is 10.1. The number of anilines is 2. The largest absolute Gasteiger partial charge is 0.374 e. The zero-order chi connectivity index (χ0) is 15.5. The summed E-state index contributed by atoms with van der Waals surface area (Å²) < 4.78 is 28.7. The predicted octanol–water partition coefficient (Wildman–Crippen LogP) is 2.94. The first-order valence-electron chi connectivity index (χ1n) is 7.36. The van der Waals surface area contributed by atoms with E-state index in [1.807, 2.05) is 0 Å². The molecule has 0 aliphatic carbocycles. The van der Waals surface area contributed by atoms with E-state index in [-0.39, 0.29) is 6.61 Å². The van der Waals surface area contributed by atoms with Gasteiger partial charge in [-0.2, -0.15) is 0 Å². The summed E-state index contributed by atoms with van der Waals surface area (Å²) in [5.74, 6) is 1.58. The molecule has 1 heterocycles. The first kappa shape index (κ1) is 17.6. The fourth-order valence-corrected chi connectivity index (χ4v) is 1.86. The van der Waals surface area contributed by atoms with Gasteiger partial charge in [0.15, 0.2) is 0 Å². The summed E-state index contributed by atoms with van der Waals surface area (Å²) >= 11 is 0. The average Bonchev–Trinajstić information content (AvgIpc) is 2.46. The van der Waals surface area contributed by atoms with Gasteiger partial charge in [0.05, 0.1) is 6.61 Å². The summed E-state index contributed by atoms with van der Waals surface area (Å²) in [6.45, 7) is 5.16. The van der Waals surface area contributed by atoms with Crippen LogP contribution < -0.4 is 10.6 Å². The Morgan fingerprint density at radius 2 is 1.76 bits per heavy atom. The summed E-state index contributed by atoms with van der Waals surface area (Å²) in [4.78, 5) is 8.50. The number of aromatic nitrogens is 2. The van der Waals surface area contributed by atoms with Crippen molar-refractivity contribution in [3.63, 3.8) is 0 Å². The topological polar surface area (TPSA) is 59.1 Å². The minimum absolute atomic E-state index is 0.220. The molecular weight excluding hydrogens is 278 g/mol. The summed E-state index contributed by atoms with van der Waals surface area (Å²) in [7, 11) is 0. The number of halogens is 2. The molecule has 0 saturated carbocycles. The molecule has 0 saturated heterocycles. The third kappa shape index (κ3) is 6.66. The van der Waals surface area contributed by atoms with Crippen LogP contribution in [0.2, 0.25) is 0 Å². The van der Waals surface area contributed by atoms with E-state index < -0.39 is 13.0 Å². The second kappa shape index (κ2) is 10.3. The standard InChI is InChI=1S/C14H24F2N4O/c1-3-5-11-13(17-6-4-2)19-10-20-14(11)18-7-8-21-9-12(15)16/h10,12H,3-9H2,1-2H3,(H2,17,18,19,20). The minimum Gasteiger partial charge on any atom is -0.374 e. The van der Waals surface area contributed by atoms with Gasteiger partial charge < -0.3 is 15.4 Å². The van der Waals surface area contributed by atoms with Crippen molar-refractivity contribution in [2.75, 3.05) is 36.9 Å². The Labute approximate surface area is 124 Å². The number of alkyl halides is 2. The molecule has 0 bridgehead atoms. The Bertz CT molecular complexity index is 405. The molecule has 0 radical (unpaired) electrons. The molecule has 0 aromatic carbocycles. The van der Waals surface area contributed by atoms with Gasteiger partial charge in [-0.15, -0.1) is 0 Å². The molecule has 0 fully saturated rings. The minimum atomic E-state index is -2.43. The highest BCUT2D eigenvalue weighted by molar-refractivity contribution is 5.57. The molecule has 1 aromatic heterocycles. The lowest BCUT2D eigenvalue weighted by Gasteiger charge is -2.15. The van der Waals surface area contributed by atoms with Crippen molar-refractivity contribution in [2.24, 2.45) is 0 Å². The molecule has 0 aliphatic heterocycles. The van der Waals surface area contributed by atoms with Crippen molar-refractivity contribution < 1.29 is 13.5 Å². The van der Waals surface area contributed by atoms with Crippen molar-refractivity contribution in [1.29, 1.82) is 0 Å². The monoisotopic (exact) mass is 302 g/mol. The van der Waals surface area contributed by atoms with Crippen LogP contribution in [0.4, 0.5) is 20.4 Å². The Morgan fingerprint density at radius 1 is 1.10 bits per heavy atom. The first-order valence-corrected chi connectivity index (χ1v) is 7.36. The van der Waals surface area contributed by atoms with Gasteiger partial charge >= 0.3 is 0 Å². The molecule has 1 rings (SSSR count). The molecule has 5 nitrogen and oxygen atoms in total. The van der Waals surface area contributed by atoms with E-state index in [2.05, 4.69) is 34.4 Å². The van der Waals surface area contributed by atoms with Crippen molar-refractivity contribution in [3.8, 4) is 0 Å². The fraction of sp³-hybridized carbons (Fsp3) is 0.714. The van der Waals surface area contributed by atoms with E-state index in [1.54, 1.807) is 0 Å². The lowest BCUT2D eigenvalue weighted by Crippen LogP contribution is -2.16. The van der Waals surface area contributed by atoms with Crippen LogP contribution in [0.15, 0.2) is 6.33 Å². The molecule has 0 amide bonds. The van der Waals surface area contributed by atoms with Crippen LogP contribution in [0.25, 0.3) is 0 Å². The third-order valence-corrected chi connectivity index (χ3v) is 2.77. The van der Waals surface area contributed by atoms with Crippen LogP contribution in [0.3, 0.4) is 0 Å². The summed E-state index contributed by atoms with van der Waals surface area (Å²) in [6, 6.07) is 0. The number of rotatable bonds is 11. The quantitative estimate of drug-likeness (QED) is 0.615. The Morgan fingerprint density at radius 3 is 2.33 bits per heavy atom. The molecule has 21 heavy (non-hydrogen) atoms. The molecular formula is C14H24F2N4O. The maximum atomic E-state index is 11.9. The van der Waals surface area contributed by atoms with Gasteiger partial charge in [-0.25, -0.2) is 18.7 Å². The molecule has 7 heteroatoms. The van der Waals surface area contributed by atoms with E-state index in [9.17, 15) is 8.78 Å².